The maximum atomic E-state index is 12.0. The maximum absolute atomic E-state index is 12.0. The van der Waals surface area contributed by atoms with Crippen LogP contribution in [0.25, 0.3) is 10.9 Å². The van der Waals surface area contributed by atoms with Crippen LogP contribution in [0.2, 0.25) is 0 Å². The molecule has 2 heterocycles. The summed E-state index contributed by atoms with van der Waals surface area (Å²) in [5.74, 6) is 0. The fourth-order valence-corrected chi connectivity index (χ4v) is 3.40. The number of benzene rings is 1. The second-order valence-electron chi connectivity index (χ2n) is 6.64. The minimum absolute atomic E-state index is 0.0244. The van der Waals surface area contributed by atoms with Gasteiger partial charge in [0.15, 0.2) is 0 Å². The molecule has 0 saturated carbocycles. The lowest BCUT2D eigenvalue weighted by Gasteiger charge is -2.17. The molecule has 25 heavy (non-hydrogen) atoms. The first-order valence-corrected chi connectivity index (χ1v) is 9.25. The van der Waals surface area contributed by atoms with E-state index in [1.165, 1.54) is 22.3 Å². The van der Waals surface area contributed by atoms with E-state index in [1.807, 2.05) is 24.4 Å². The first-order chi connectivity index (χ1) is 12.0. The number of carbonyl (C=O) groups excluding carboxylic acids is 1. The number of hydrogen-bond acceptors (Lipinski definition) is 4. The number of carbonyl (C=O) groups is 1. The first-order valence-electron chi connectivity index (χ1n) is 8.43. The Morgan fingerprint density at radius 2 is 2.08 bits per heavy atom. The van der Waals surface area contributed by atoms with Gasteiger partial charge in [-0.1, -0.05) is 50.3 Å². The summed E-state index contributed by atoms with van der Waals surface area (Å²) in [4.78, 5) is 15.3. The van der Waals surface area contributed by atoms with Crippen LogP contribution in [0.15, 0.2) is 30.5 Å². The van der Waals surface area contributed by atoms with E-state index in [-0.39, 0.29) is 11.4 Å². The summed E-state index contributed by atoms with van der Waals surface area (Å²) in [6, 6.07) is 7.90. The number of H-pyrrole nitrogens is 1. The molecule has 0 bridgehead atoms. The number of urea groups is 1. The summed E-state index contributed by atoms with van der Waals surface area (Å²) in [7, 11) is 0. The maximum Gasteiger partial charge on any atom is 0.321 e. The number of aromatic amines is 1. The number of rotatable bonds is 6. The van der Waals surface area contributed by atoms with Gasteiger partial charge in [0.05, 0.1) is 0 Å². The Labute approximate surface area is 151 Å². The summed E-state index contributed by atoms with van der Waals surface area (Å²) >= 11 is 1.43. The van der Waals surface area contributed by atoms with Gasteiger partial charge in [0, 0.05) is 29.1 Å². The SMILES string of the molecule is CCC(C)(C)c1nnc(NC(=O)NCCc2c[nH]c3ccccc23)s1. The fraction of sp³-hybridized carbons (Fsp3) is 0.389. The van der Waals surface area contributed by atoms with Crippen LogP contribution in [0, 0.1) is 0 Å². The van der Waals surface area contributed by atoms with Crippen LogP contribution in [-0.4, -0.2) is 27.8 Å². The van der Waals surface area contributed by atoms with Crippen LogP contribution in [0.1, 0.15) is 37.8 Å². The van der Waals surface area contributed by atoms with Crippen molar-refractivity contribution in [2.75, 3.05) is 11.9 Å². The Morgan fingerprint density at radius 3 is 2.88 bits per heavy atom. The lowest BCUT2D eigenvalue weighted by molar-refractivity contribution is 0.252. The second-order valence-corrected chi connectivity index (χ2v) is 7.62. The van der Waals surface area contributed by atoms with E-state index in [1.54, 1.807) is 0 Å². The van der Waals surface area contributed by atoms with Gasteiger partial charge in [0.1, 0.15) is 5.01 Å². The van der Waals surface area contributed by atoms with Crippen molar-refractivity contribution in [1.29, 1.82) is 0 Å². The van der Waals surface area contributed by atoms with Gasteiger partial charge in [-0.25, -0.2) is 4.79 Å². The van der Waals surface area contributed by atoms with Gasteiger partial charge in [-0.3, -0.25) is 5.32 Å². The third kappa shape index (κ3) is 3.99. The zero-order valence-corrected chi connectivity index (χ0v) is 15.5. The topological polar surface area (TPSA) is 82.7 Å². The molecular weight excluding hydrogens is 334 g/mol. The molecule has 132 valence electrons. The highest BCUT2D eigenvalue weighted by molar-refractivity contribution is 7.15. The number of para-hydroxylation sites is 1. The largest absolute Gasteiger partial charge is 0.361 e. The summed E-state index contributed by atoms with van der Waals surface area (Å²) in [5.41, 5.74) is 2.28. The van der Waals surface area contributed by atoms with E-state index in [9.17, 15) is 4.79 Å². The van der Waals surface area contributed by atoms with Crippen molar-refractivity contribution in [3.8, 4) is 0 Å². The quantitative estimate of drug-likeness (QED) is 0.622. The summed E-state index contributed by atoms with van der Waals surface area (Å²) in [6.45, 7) is 6.92. The number of anilines is 1. The summed E-state index contributed by atoms with van der Waals surface area (Å²) in [6.07, 6.45) is 3.73. The molecule has 0 fully saturated rings. The van der Waals surface area contributed by atoms with Crippen molar-refractivity contribution in [3.63, 3.8) is 0 Å². The van der Waals surface area contributed by atoms with Crippen LogP contribution < -0.4 is 10.6 Å². The van der Waals surface area contributed by atoms with Gasteiger partial charge >= 0.3 is 6.03 Å². The number of aromatic nitrogens is 3. The Balaban J connectivity index is 1.52. The van der Waals surface area contributed by atoms with Crippen LogP contribution in [0.4, 0.5) is 9.93 Å². The summed E-state index contributed by atoms with van der Waals surface area (Å²) in [5, 5.41) is 16.5. The predicted molar refractivity (Wildman–Crippen MR) is 102 cm³/mol. The van der Waals surface area contributed by atoms with Crippen molar-refractivity contribution in [3.05, 3.63) is 41.0 Å². The molecule has 2 amide bonds. The lowest BCUT2D eigenvalue weighted by atomic mass is 9.91. The molecule has 0 radical (unpaired) electrons. The van der Waals surface area contributed by atoms with Crippen LogP contribution in [0.3, 0.4) is 0 Å². The second kappa shape index (κ2) is 7.23. The van der Waals surface area contributed by atoms with Crippen LogP contribution in [0.5, 0.6) is 0 Å². The number of fused-ring (bicyclic) bond motifs is 1. The Morgan fingerprint density at radius 1 is 1.28 bits per heavy atom. The van der Waals surface area contributed by atoms with E-state index in [2.05, 4.69) is 52.7 Å². The third-order valence-electron chi connectivity index (χ3n) is 4.46. The molecule has 0 aliphatic rings. The van der Waals surface area contributed by atoms with Gasteiger partial charge in [0.2, 0.25) is 5.13 Å². The number of hydrogen-bond donors (Lipinski definition) is 3. The van der Waals surface area contributed by atoms with E-state index in [4.69, 9.17) is 0 Å². The molecule has 0 atom stereocenters. The molecule has 0 aliphatic carbocycles. The summed E-state index contributed by atoms with van der Waals surface area (Å²) < 4.78 is 0. The van der Waals surface area contributed by atoms with E-state index < -0.39 is 0 Å². The van der Waals surface area contributed by atoms with Crippen LogP contribution in [-0.2, 0) is 11.8 Å². The number of nitrogens with one attached hydrogen (secondary N) is 3. The van der Waals surface area contributed by atoms with Crippen molar-refractivity contribution in [1.82, 2.24) is 20.5 Å². The molecule has 2 aromatic heterocycles. The van der Waals surface area contributed by atoms with Gasteiger partial charge in [-0.05, 0) is 24.5 Å². The highest BCUT2D eigenvalue weighted by Crippen LogP contribution is 2.30. The van der Waals surface area contributed by atoms with Crippen molar-refractivity contribution < 1.29 is 4.79 Å². The molecule has 7 heteroatoms. The van der Waals surface area contributed by atoms with E-state index in [0.29, 0.717) is 11.7 Å². The molecule has 1 aromatic carbocycles. The molecule has 0 aliphatic heterocycles. The van der Waals surface area contributed by atoms with Gasteiger partial charge in [0.25, 0.3) is 0 Å². The zero-order chi connectivity index (χ0) is 17.9. The molecule has 0 spiro atoms. The minimum atomic E-state index is -0.253. The Bertz CT molecular complexity index is 867. The van der Waals surface area contributed by atoms with Gasteiger partial charge in [-0.15, -0.1) is 10.2 Å². The molecule has 3 aromatic rings. The number of amides is 2. The smallest absolute Gasteiger partial charge is 0.321 e. The number of nitrogens with zero attached hydrogens (tertiary/aromatic N) is 2. The Kier molecular flexibility index (Phi) is 5.03. The van der Waals surface area contributed by atoms with Crippen molar-refractivity contribution in [2.24, 2.45) is 0 Å². The van der Waals surface area contributed by atoms with Crippen molar-refractivity contribution in [2.45, 2.75) is 39.0 Å². The molecule has 6 nitrogen and oxygen atoms in total. The fourth-order valence-electron chi connectivity index (χ4n) is 2.49. The normalized spacial score (nSPS) is 11.6. The zero-order valence-electron chi connectivity index (χ0n) is 14.7. The molecule has 3 rings (SSSR count). The molecule has 0 saturated heterocycles. The Hall–Kier alpha value is -2.41. The predicted octanol–water partition coefficient (Wildman–Crippen LogP) is 4.07. The highest BCUT2D eigenvalue weighted by atomic mass is 32.1. The van der Waals surface area contributed by atoms with Gasteiger partial charge < -0.3 is 10.3 Å². The third-order valence-corrected chi connectivity index (χ3v) is 5.67. The molecule has 3 N–H and O–H groups in total. The van der Waals surface area contributed by atoms with E-state index >= 15 is 0 Å². The standard InChI is InChI=1S/C18H23N5OS/c1-4-18(2,3)15-22-23-17(25-15)21-16(24)19-10-9-12-11-20-14-8-6-5-7-13(12)14/h5-8,11,20H,4,9-10H2,1-3H3,(H2,19,21,23,24). The van der Waals surface area contributed by atoms with Gasteiger partial charge in [-0.2, -0.15) is 0 Å². The highest BCUT2D eigenvalue weighted by Gasteiger charge is 2.23. The first kappa shape index (κ1) is 17.4. The average Bonchev–Trinajstić information content (AvgIpc) is 3.23. The minimum Gasteiger partial charge on any atom is -0.361 e. The molecular formula is C18H23N5OS. The van der Waals surface area contributed by atoms with Crippen LogP contribution >= 0.6 is 11.3 Å². The average molecular weight is 357 g/mol. The van der Waals surface area contributed by atoms with E-state index in [0.717, 1.165) is 23.4 Å². The monoisotopic (exact) mass is 357 g/mol. The lowest BCUT2D eigenvalue weighted by Crippen LogP contribution is -2.30. The van der Waals surface area contributed by atoms with Crippen molar-refractivity contribution >= 4 is 33.4 Å². The molecule has 0 unspecified atom stereocenters.